The summed E-state index contributed by atoms with van der Waals surface area (Å²) in [5.74, 6) is 0.563. The lowest BCUT2D eigenvalue weighted by Crippen LogP contribution is -2.20. The summed E-state index contributed by atoms with van der Waals surface area (Å²) in [5.41, 5.74) is 5.62. The maximum absolute atomic E-state index is 12.5. The summed E-state index contributed by atoms with van der Waals surface area (Å²) in [6, 6.07) is 23.9. The molecule has 0 saturated heterocycles. The number of allylic oxidation sites excluding steroid dienone is 1. The van der Waals surface area contributed by atoms with Crippen molar-refractivity contribution in [2.75, 3.05) is 6.61 Å². The minimum atomic E-state index is -0.139. The molecular formula is C27H25NO3. The molecule has 0 atom stereocenters. The molecule has 0 aliphatic heterocycles. The normalized spacial score (nSPS) is 11.5. The molecule has 31 heavy (non-hydrogen) atoms. The number of fused-ring (bicyclic) bond motifs is 1. The Morgan fingerprint density at radius 3 is 2.45 bits per heavy atom. The molecule has 0 aliphatic rings. The van der Waals surface area contributed by atoms with Crippen LogP contribution in [0.1, 0.15) is 25.0 Å². The average molecular weight is 412 g/mol. The topological polar surface area (TPSA) is 51.5 Å². The van der Waals surface area contributed by atoms with Gasteiger partial charge in [0.25, 0.3) is 0 Å². The zero-order valence-corrected chi connectivity index (χ0v) is 17.7. The SMILES string of the molecule is CCOc1cc2occ(-c3ccccc3)c2cc1/C(C)=C/C(=O)NCc1ccccc1. The van der Waals surface area contributed by atoms with Crippen molar-refractivity contribution in [1.29, 1.82) is 0 Å². The van der Waals surface area contributed by atoms with Crippen LogP contribution < -0.4 is 10.1 Å². The van der Waals surface area contributed by atoms with Crippen LogP contribution in [-0.2, 0) is 11.3 Å². The molecule has 4 heteroatoms. The third-order valence-corrected chi connectivity index (χ3v) is 5.14. The average Bonchev–Trinajstić information content (AvgIpc) is 3.21. The summed E-state index contributed by atoms with van der Waals surface area (Å²) in [5, 5.41) is 3.93. The molecule has 1 aromatic heterocycles. The Labute approximate surface area is 182 Å². The second-order valence-electron chi connectivity index (χ2n) is 7.32. The minimum Gasteiger partial charge on any atom is -0.493 e. The van der Waals surface area contributed by atoms with Crippen LogP contribution in [0.25, 0.3) is 27.7 Å². The number of amides is 1. The van der Waals surface area contributed by atoms with Crippen molar-refractivity contribution in [3.8, 4) is 16.9 Å². The first-order valence-corrected chi connectivity index (χ1v) is 10.4. The first-order valence-electron chi connectivity index (χ1n) is 10.4. The Morgan fingerprint density at radius 2 is 1.74 bits per heavy atom. The number of benzene rings is 3. The number of nitrogens with one attached hydrogen (secondary N) is 1. The van der Waals surface area contributed by atoms with Crippen molar-refractivity contribution >= 4 is 22.4 Å². The van der Waals surface area contributed by atoms with Gasteiger partial charge in [-0.3, -0.25) is 4.79 Å². The Hall–Kier alpha value is -3.79. The Bertz CT molecular complexity index is 1210. The zero-order valence-electron chi connectivity index (χ0n) is 17.7. The van der Waals surface area contributed by atoms with Crippen LogP contribution in [0.5, 0.6) is 5.75 Å². The van der Waals surface area contributed by atoms with E-state index in [0.29, 0.717) is 18.9 Å². The molecule has 1 amide bonds. The van der Waals surface area contributed by atoms with Crippen molar-refractivity contribution < 1.29 is 13.9 Å². The van der Waals surface area contributed by atoms with Crippen molar-refractivity contribution in [1.82, 2.24) is 5.32 Å². The molecule has 1 heterocycles. The number of hydrogen-bond acceptors (Lipinski definition) is 3. The summed E-state index contributed by atoms with van der Waals surface area (Å²) in [6.07, 6.45) is 3.39. The third-order valence-electron chi connectivity index (χ3n) is 5.14. The lowest BCUT2D eigenvalue weighted by Gasteiger charge is -2.12. The molecule has 0 spiro atoms. The fraction of sp³-hybridized carbons (Fsp3) is 0.148. The van der Waals surface area contributed by atoms with E-state index in [1.54, 1.807) is 12.3 Å². The molecule has 4 aromatic rings. The van der Waals surface area contributed by atoms with E-state index < -0.39 is 0 Å². The maximum atomic E-state index is 12.5. The molecule has 0 unspecified atom stereocenters. The summed E-state index contributed by atoms with van der Waals surface area (Å²) < 4.78 is 11.7. The summed E-state index contributed by atoms with van der Waals surface area (Å²) in [7, 11) is 0. The second kappa shape index (κ2) is 9.35. The highest BCUT2D eigenvalue weighted by Gasteiger charge is 2.15. The van der Waals surface area contributed by atoms with Gasteiger partial charge in [-0.2, -0.15) is 0 Å². The van der Waals surface area contributed by atoms with E-state index in [1.165, 1.54) is 0 Å². The Morgan fingerprint density at radius 1 is 1.03 bits per heavy atom. The zero-order chi connectivity index (χ0) is 21.6. The van der Waals surface area contributed by atoms with Gasteiger partial charge in [0.15, 0.2) is 0 Å². The second-order valence-corrected chi connectivity index (χ2v) is 7.32. The summed E-state index contributed by atoms with van der Waals surface area (Å²) in [4.78, 5) is 12.5. The fourth-order valence-corrected chi connectivity index (χ4v) is 3.59. The first kappa shape index (κ1) is 20.5. The van der Waals surface area contributed by atoms with Crippen LogP contribution in [0.4, 0.5) is 0 Å². The van der Waals surface area contributed by atoms with Gasteiger partial charge in [-0.15, -0.1) is 0 Å². The monoisotopic (exact) mass is 411 g/mol. The molecule has 0 aliphatic carbocycles. The minimum absolute atomic E-state index is 0.139. The summed E-state index contributed by atoms with van der Waals surface area (Å²) in [6.45, 7) is 4.88. The maximum Gasteiger partial charge on any atom is 0.244 e. The molecule has 1 N–H and O–H groups in total. The van der Waals surface area contributed by atoms with Gasteiger partial charge in [0.2, 0.25) is 5.91 Å². The van der Waals surface area contributed by atoms with Crippen LogP contribution >= 0.6 is 0 Å². The molecule has 0 radical (unpaired) electrons. The van der Waals surface area contributed by atoms with Crippen molar-refractivity contribution in [2.45, 2.75) is 20.4 Å². The third kappa shape index (κ3) is 4.69. The van der Waals surface area contributed by atoms with Gasteiger partial charge in [-0.05, 0) is 36.6 Å². The predicted molar refractivity (Wildman–Crippen MR) is 125 cm³/mol. The number of rotatable bonds is 7. The number of carbonyl (C=O) groups is 1. The lowest BCUT2D eigenvalue weighted by molar-refractivity contribution is -0.116. The van der Waals surface area contributed by atoms with Crippen molar-refractivity contribution in [2.24, 2.45) is 0 Å². The van der Waals surface area contributed by atoms with E-state index in [1.807, 2.05) is 74.5 Å². The number of furan rings is 1. The number of hydrogen-bond donors (Lipinski definition) is 1. The Kier molecular flexibility index (Phi) is 6.18. The van der Waals surface area contributed by atoms with E-state index in [4.69, 9.17) is 9.15 Å². The highest BCUT2D eigenvalue weighted by atomic mass is 16.5. The highest BCUT2D eigenvalue weighted by Crippen LogP contribution is 2.37. The molecule has 3 aromatic carbocycles. The number of carbonyl (C=O) groups excluding carboxylic acids is 1. The van der Waals surface area contributed by atoms with Crippen LogP contribution in [0.15, 0.2) is 89.6 Å². The highest BCUT2D eigenvalue weighted by molar-refractivity contribution is 6.00. The van der Waals surface area contributed by atoms with Crippen LogP contribution in [0.2, 0.25) is 0 Å². The predicted octanol–water partition coefficient (Wildman–Crippen LogP) is 6.22. The van der Waals surface area contributed by atoms with E-state index in [9.17, 15) is 4.79 Å². The number of ether oxygens (including phenoxy) is 1. The van der Waals surface area contributed by atoms with Crippen molar-refractivity contribution in [3.63, 3.8) is 0 Å². The lowest BCUT2D eigenvalue weighted by atomic mass is 9.99. The van der Waals surface area contributed by atoms with Crippen LogP contribution in [0.3, 0.4) is 0 Å². The Balaban J connectivity index is 1.66. The van der Waals surface area contributed by atoms with Gasteiger partial charge in [-0.1, -0.05) is 60.7 Å². The standard InChI is InChI=1S/C27H25NO3/c1-3-30-25-16-26-23(24(18-31-26)21-12-8-5-9-13-21)15-22(25)19(2)14-27(29)28-17-20-10-6-4-7-11-20/h4-16,18H,3,17H2,1-2H3,(H,28,29)/b19-14+. The van der Waals surface area contributed by atoms with E-state index in [-0.39, 0.29) is 5.91 Å². The van der Waals surface area contributed by atoms with Crippen LogP contribution in [0, 0.1) is 0 Å². The first-order chi connectivity index (χ1) is 15.2. The van der Waals surface area contributed by atoms with E-state index in [2.05, 4.69) is 17.4 Å². The van der Waals surface area contributed by atoms with Gasteiger partial charge in [0.1, 0.15) is 11.3 Å². The van der Waals surface area contributed by atoms with Crippen molar-refractivity contribution in [3.05, 3.63) is 96.3 Å². The van der Waals surface area contributed by atoms with Gasteiger partial charge in [-0.25, -0.2) is 0 Å². The summed E-state index contributed by atoms with van der Waals surface area (Å²) >= 11 is 0. The van der Waals surface area contributed by atoms with Gasteiger partial charge in [0, 0.05) is 35.2 Å². The van der Waals surface area contributed by atoms with E-state index in [0.717, 1.165) is 38.8 Å². The smallest absolute Gasteiger partial charge is 0.244 e. The molecule has 0 saturated carbocycles. The fourth-order valence-electron chi connectivity index (χ4n) is 3.59. The van der Waals surface area contributed by atoms with Gasteiger partial charge in [0.05, 0.1) is 12.9 Å². The quantitative estimate of drug-likeness (QED) is 0.367. The van der Waals surface area contributed by atoms with Gasteiger partial charge < -0.3 is 14.5 Å². The molecule has 0 fully saturated rings. The van der Waals surface area contributed by atoms with E-state index >= 15 is 0 Å². The molecule has 156 valence electrons. The molecule has 4 nitrogen and oxygen atoms in total. The molecular weight excluding hydrogens is 386 g/mol. The van der Waals surface area contributed by atoms with Crippen LogP contribution in [-0.4, -0.2) is 12.5 Å². The molecule has 0 bridgehead atoms. The molecule has 4 rings (SSSR count). The van der Waals surface area contributed by atoms with Gasteiger partial charge >= 0.3 is 0 Å². The largest absolute Gasteiger partial charge is 0.493 e.